The van der Waals surface area contributed by atoms with Crippen LogP contribution in [0.3, 0.4) is 0 Å². The fourth-order valence-electron chi connectivity index (χ4n) is 1.22. The zero-order valence-corrected chi connectivity index (χ0v) is 11.6. The molecule has 0 aliphatic carbocycles. The van der Waals surface area contributed by atoms with E-state index in [1.54, 1.807) is 19.0 Å². The third-order valence-corrected chi connectivity index (χ3v) is 2.82. The van der Waals surface area contributed by atoms with Gasteiger partial charge in [-0.2, -0.15) is 13.2 Å². The van der Waals surface area contributed by atoms with Crippen molar-refractivity contribution < 1.29 is 17.9 Å². The van der Waals surface area contributed by atoms with Crippen molar-refractivity contribution in [1.29, 1.82) is 0 Å². The van der Waals surface area contributed by atoms with Crippen molar-refractivity contribution in [2.24, 2.45) is 4.99 Å². The van der Waals surface area contributed by atoms with Crippen LogP contribution in [0.15, 0.2) is 21.6 Å². The van der Waals surface area contributed by atoms with Crippen LogP contribution in [0.5, 0.6) is 5.75 Å². The molecule has 100 valence electrons. The summed E-state index contributed by atoms with van der Waals surface area (Å²) in [6.45, 7) is 0. The third kappa shape index (κ3) is 3.38. The number of benzene rings is 1. The lowest BCUT2D eigenvalue weighted by molar-refractivity contribution is -0.138. The van der Waals surface area contributed by atoms with E-state index in [4.69, 9.17) is 4.74 Å². The first-order valence-electron chi connectivity index (χ1n) is 4.91. The van der Waals surface area contributed by atoms with Gasteiger partial charge >= 0.3 is 6.18 Å². The van der Waals surface area contributed by atoms with Crippen LogP contribution in [-0.4, -0.2) is 32.4 Å². The monoisotopic (exact) mass is 324 g/mol. The lowest BCUT2D eigenvalue weighted by atomic mass is 10.2. The van der Waals surface area contributed by atoms with E-state index in [9.17, 15) is 13.2 Å². The van der Waals surface area contributed by atoms with Crippen molar-refractivity contribution in [1.82, 2.24) is 4.90 Å². The predicted molar refractivity (Wildman–Crippen MR) is 67.5 cm³/mol. The third-order valence-electron chi connectivity index (χ3n) is 2.02. The van der Waals surface area contributed by atoms with Crippen molar-refractivity contribution in [3.63, 3.8) is 0 Å². The molecule has 0 spiro atoms. The van der Waals surface area contributed by atoms with Crippen molar-refractivity contribution in [3.05, 3.63) is 22.2 Å². The maximum absolute atomic E-state index is 12.7. The normalized spacial score (nSPS) is 11.9. The molecule has 0 radical (unpaired) electrons. The van der Waals surface area contributed by atoms with Crippen LogP contribution in [0.25, 0.3) is 0 Å². The first kappa shape index (κ1) is 14.8. The van der Waals surface area contributed by atoms with E-state index >= 15 is 0 Å². The molecular weight excluding hydrogens is 313 g/mol. The van der Waals surface area contributed by atoms with E-state index in [0.29, 0.717) is 0 Å². The standard InChI is InChI=1S/C11H12BrF3N2O/c1-17(2)6-16-10-8(18-3)5-4-7(9(10)12)11(13,14)15/h4-6H,1-3H3. The fourth-order valence-corrected chi connectivity index (χ4v) is 1.88. The van der Waals surface area contributed by atoms with E-state index in [0.717, 1.165) is 6.07 Å². The first-order chi connectivity index (χ1) is 8.27. The van der Waals surface area contributed by atoms with Crippen LogP contribution in [0.2, 0.25) is 0 Å². The molecule has 0 heterocycles. The van der Waals surface area contributed by atoms with E-state index in [-0.39, 0.29) is 15.9 Å². The second-order valence-electron chi connectivity index (χ2n) is 3.68. The van der Waals surface area contributed by atoms with Gasteiger partial charge in [-0.3, -0.25) is 0 Å². The zero-order chi connectivity index (χ0) is 13.9. The van der Waals surface area contributed by atoms with Gasteiger partial charge in [-0.05, 0) is 28.1 Å². The zero-order valence-electron chi connectivity index (χ0n) is 10.0. The van der Waals surface area contributed by atoms with Crippen molar-refractivity contribution >= 4 is 28.0 Å². The van der Waals surface area contributed by atoms with Crippen LogP contribution in [0.4, 0.5) is 18.9 Å². The summed E-state index contributed by atoms with van der Waals surface area (Å²) in [5.74, 6) is 0.271. The number of ether oxygens (including phenoxy) is 1. The highest BCUT2D eigenvalue weighted by Gasteiger charge is 2.34. The Morgan fingerprint density at radius 1 is 1.33 bits per heavy atom. The molecule has 0 aliphatic heterocycles. The highest BCUT2D eigenvalue weighted by molar-refractivity contribution is 9.10. The molecule has 0 aliphatic rings. The minimum absolute atomic E-state index is 0.112. The molecule has 1 aromatic carbocycles. The summed E-state index contributed by atoms with van der Waals surface area (Å²) in [6.07, 6.45) is -3.03. The summed E-state index contributed by atoms with van der Waals surface area (Å²) in [5, 5.41) is 0. The summed E-state index contributed by atoms with van der Waals surface area (Å²) < 4.78 is 43.1. The fraction of sp³-hybridized carbons (Fsp3) is 0.364. The van der Waals surface area contributed by atoms with E-state index in [1.165, 1.54) is 19.5 Å². The number of nitrogens with zero attached hydrogens (tertiary/aromatic N) is 2. The van der Waals surface area contributed by atoms with Crippen molar-refractivity contribution in [2.75, 3.05) is 21.2 Å². The molecular formula is C11H12BrF3N2O. The molecule has 0 bridgehead atoms. The molecule has 0 N–H and O–H groups in total. The highest BCUT2D eigenvalue weighted by Crippen LogP contribution is 2.44. The number of hydrogen-bond donors (Lipinski definition) is 0. The first-order valence-corrected chi connectivity index (χ1v) is 5.71. The maximum Gasteiger partial charge on any atom is 0.417 e. The van der Waals surface area contributed by atoms with Gasteiger partial charge in [0.15, 0.2) is 0 Å². The SMILES string of the molecule is COc1ccc(C(F)(F)F)c(Br)c1N=CN(C)C. The second-order valence-corrected chi connectivity index (χ2v) is 4.48. The minimum Gasteiger partial charge on any atom is -0.494 e. The van der Waals surface area contributed by atoms with Gasteiger partial charge in [-0.25, -0.2) is 4.99 Å². The van der Waals surface area contributed by atoms with Gasteiger partial charge in [0.2, 0.25) is 0 Å². The second kappa shape index (κ2) is 5.60. The van der Waals surface area contributed by atoms with Crippen LogP contribution in [0.1, 0.15) is 5.56 Å². The Bertz CT molecular complexity index is 458. The van der Waals surface area contributed by atoms with Crippen molar-refractivity contribution in [2.45, 2.75) is 6.18 Å². The average molecular weight is 325 g/mol. The average Bonchev–Trinajstić information content (AvgIpc) is 2.24. The summed E-state index contributed by atoms with van der Waals surface area (Å²) in [5.41, 5.74) is -0.671. The highest BCUT2D eigenvalue weighted by atomic mass is 79.9. The Morgan fingerprint density at radius 2 is 1.94 bits per heavy atom. The Morgan fingerprint density at radius 3 is 2.39 bits per heavy atom. The Kier molecular flexibility index (Phi) is 4.61. The Hall–Kier alpha value is -1.24. The molecule has 0 aromatic heterocycles. The lowest BCUT2D eigenvalue weighted by Gasteiger charge is -2.14. The Labute approximate surface area is 111 Å². The quantitative estimate of drug-likeness (QED) is 0.625. The van der Waals surface area contributed by atoms with Gasteiger partial charge in [0.1, 0.15) is 11.4 Å². The number of hydrogen-bond acceptors (Lipinski definition) is 2. The maximum atomic E-state index is 12.7. The summed E-state index contributed by atoms with van der Waals surface area (Å²) in [7, 11) is 4.82. The number of halogens is 4. The van der Waals surface area contributed by atoms with Gasteiger partial charge in [0.05, 0.1) is 23.5 Å². The number of alkyl halides is 3. The molecule has 1 aromatic rings. The molecule has 0 saturated heterocycles. The summed E-state index contributed by atoms with van der Waals surface area (Å²) in [6, 6.07) is 2.20. The molecule has 3 nitrogen and oxygen atoms in total. The number of rotatable bonds is 3. The minimum atomic E-state index is -4.44. The molecule has 18 heavy (non-hydrogen) atoms. The van der Waals surface area contributed by atoms with Crippen LogP contribution < -0.4 is 4.74 Å². The molecule has 0 atom stereocenters. The van der Waals surface area contributed by atoms with Crippen LogP contribution in [0, 0.1) is 0 Å². The molecule has 0 amide bonds. The number of aliphatic imine (C=N–C) groups is 1. The van der Waals surface area contributed by atoms with Gasteiger partial charge < -0.3 is 9.64 Å². The van der Waals surface area contributed by atoms with Gasteiger partial charge in [0.25, 0.3) is 0 Å². The summed E-state index contributed by atoms with van der Waals surface area (Å²) in [4.78, 5) is 5.60. The molecule has 1 rings (SSSR count). The predicted octanol–water partition coefficient (Wildman–Crippen LogP) is 3.70. The smallest absolute Gasteiger partial charge is 0.417 e. The molecule has 7 heteroatoms. The molecule has 0 saturated carbocycles. The molecule has 0 unspecified atom stereocenters. The Balaban J connectivity index is 3.36. The van der Waals surface area contributed by atoms with E-state index < -0.39 is 11.7 Å². The van der Waals surface area contributed by atoms with Crippen molar-refractivity contribution in [3.8, 4) is 5.75 Å². The van der Waals surface area contributed by atoms with E-state index in [1.807, 2.05) is 0 Å². The number of methoxy groups -OCH3 is 1. The van der Waals surface area contributed by atoms with Crippen LogP contribution in [-0.2, 0) is 6.18 Å². The largest absolute Gasteiger partial charge is 0.494 e. The topological polar surface area (TPSA) is 24.8 Å². The van der Waals surface area contributed by atoms with Crippen LogP contribution >= 0.6 is 15.9 Å². The van der Waals surface area contributed by atoms with E-state index in [2.05, 4.69) is 20.9 Å². The molecule has 0 fully saturated rings. The summed E-state index contributed by atoms with van der Waals surface area (Å²) >= 11 is 2.93. The van der Waals surface area contributed by atoms with Gasteiger partial charge in [0, 0.05) is 14.1 Å². The lowest BCUT2D eigenvalue weighted by Crippen LogP contribution is -2.08. The van der Waals surface area contributed by atoms with Gasteiger partial charge in [-0.15, -0.1) is 0 Å². The van der Waals surface area contributed by atoms with Gasteiger partial charge in [-0.1, -0.05) is 0 Å².